The largest absolute Gasteiger partial charge is 0.497 e. The van der Waals surface area contributed by atoms with Gasteiger partial charge in [0, 0.05) is 26.2 Å². The van der Waals surface area contributed by atoms with Crippen LogP contribution in [-0.2, 0) is 0 Å². The normalized spacial score (nSPS) is 14.4. The molecule has 0 spiro atoms. The Morgan fingerprint density at radius 2 is 1.72 bits per heavy atom. The third-order valence-electron chi connectivity index (χ3n) is 4.40. The topological polar surface area (TPSA) is 42.0 Å². The van der Waals surface area contributed by atoms with Crippen LogP contribution in [0.5, 0.6) is 11.5 Å². The zero-order valence-electron chi connectivity index (χ0n) is 14.4. The Balaban J connectivity index is 1.73. The summed E-state index contributed by atoms with van der Waals surface area (Å²) in [5, 5.41) is 0.733. The van der Waals surface area contributed by atoms with E-state index < -0.39 is 0 Å². The third kappa shape index (κ3) is 3.66. The van der Waals surface area contributed by atoms with Crippen LogP contribution in [0.15, 0.2) is 42.5 Å². The van der Waals surface area contributed by atoms with Gasteiger partial charge in [0.25, 0.3) is 5.91 Å². The summed E-state index contributed by atoms with van der Waals surface area (Å²) in [5.41, 5.74) is 1.53. The first kappa shape index (κ1) is 17.4. The standard InChI is InChI=1S/C19H21ClN2O3/c1-24-14-7-8-18(25-2)15(13-14)19(23)22-11-9-21(10-12-22)17-6-4-3-5-16(17)20/h3-8,13H,9-12H2,1-2H3. The number of piperazine rings is 1. The summed E-state index contributed by atoms with van der Waals surface area (Å²) in [6.45, 7) is 2.73. The lowest BCUT2D eigenvalue weighted by molar-refractivity contribution is 0.0743. The van der Waals surface area contributed by atoms with E-state index in [1.807, 2.05) is 29.2 Å². The minimum absolute atomic E-state index is 0.0467. The van der Waals surface area contributed by atoms with Gasteiger partial charge in [-0.05, 0) is 30.3 Å². The molecular weight excluding hydrogens is 340 g/mol. The number of hydrogen-bond donors (Lipinski definition) is 0. The minimum atomic E-state index is -0.0467. The first-order valence-electron chi connectivity index (χ1n) is 8.15. The Bertz CT molecular complexity index is 758. The Kier molecular flexibility index (Phi) is 5.34. The quantitative estimate of drug-likeness (QED) is 0.838. The van der Waals surface area contributed by atoms with E-state index >= 15 is 0 Å². The highest BCUT2D eigenvalue weighted by Gasteiger charge is 2.25. The number of benzene rings is 2. The zero-order chi connectivity index (χ0) is 17.8. The fourth-order valence-corrected chi connectivity index (χ4v) is 3.27. The first-order chi connectivity index (χ1) is 12.1. The molecule has 5 nitrogen and oxygen atoms in total. The highest BCUT2D eigenvalue weighted by molar-refractivity contribution is 6.33. The van der Waals surface area contributed by atoms with Crippen molar-refractivity contribution in [3.63, 3.8) is 0 Å². The molecule has 0 radical (unpaired) electrons. The fourth-order valence-electron chi connectivity index (χ4n) is 3.01. The number of carbonyl (C=O) groups is 1. The number of nitrogens with zero attached hydrogens (tertiary/aromatic N) is 2. The average Bonchev–Trinajstić information content (AvgIpc) is 2.67. The maximum atomic E-state index is 12.9. The van der Waals surface area contributed by atoms with Crippen molar-refractivity contribution in [2.75, 3.05) is 45.3 Å². The number of amides is 1. The van der Waals surface area contributed by atoms with Crippen LogP contribution in [-0.4, -0.2) is 51.2 Å². The molecule has 1 heterocycles. The molecule has 0 aliphatic carbocycles. The number of rotatable bonds is 4. The second-order valence-electron chi connectivity index (χ2n) is 5.80. The van der Waals surface area contributed by atoms with Crippen LogP contribution in [0.3, 0.4) is 0 Å². The highest BCUT2D eigenvalue weighted by Crippen LogP contribution is 2.28. The monoisotopic (exact) mass is 360 g/mol. The molecule has 2 aromatic carbocycles. The maximum Gasteiger partial charge on any atom is 0.257 e. The molecule has 25 heavy (non-hydrogen) atoms. The van der Waals surface area contributed by atoms with Crippen LogP contribution in [0, 0.1) is 0 Å². The molecule has 1 fully saturated rings. The van der Waals surface area contributed by atoms with Crippen LogP contribution in [0.2, 0.25) is 5.02 Å². The van der Waals surface area contributed by atoms with Crippen molar-refractivity contribution in [1.82, 2.24) is 4.90 Å². The molecule has 1 aliphatic rings. The van der Waals surface area contributed by atoms with Crippen molar-refractivity contribution in [3.05, 3.63) is 53.1 Å². The molecule has 1 amide bonds. The number of hydrogen-bond acceptors (Lipinski definition) is 4. The molecule has 0 atom stereocenters. The van der Waals surface area contributed by atoms with Gasteiger partial charge in [0.1, 0.15) is 11.5 Å². The molecule has 0 aromatic heterocycles. The van der Waals surface area contributed by atoms with E-state index in [0.29, 0.717) is 30.2 Å². The Labute approximate surface area is 152 Å². The van der Waals surface area contributed by atoms with Crippen molar-refractivity contribution in [2.24, 2.45) is 0 Å². The van der Waals surface area contributed by atoms with E-state index in [4.69, 9.17) is 21.1 Å². The van der Waals surface area contributed by atoms with E-state index in [1.54, 1.807) is 32.4 Å². The molecule has 0 saturated carbocycles. The van der Waals surface area contributed by atoms with Crippen LogP contribution in [0.4, 0.5) is 5.69 Å². The summed E-state index contributed by atoms with van der Waals surface area (Å²) in [6.07, 6.45) is 0. The van der Waals surface area contributed by atoms with E-state index in [1.165, 1.54) is 0 Å². The maximum absolute atomic E-state index is 12.9. The number of ether oxygens (including phenoxy) is 2. The number of methoxy groups -OCH3 is 2. The van der Waals surface area contributed by atoms with Crippen LogP contribution >= 0.6 is 11.6 Å². The van der Waals surface area contributed by atoms with Crippen molar-refractivity contribution < 1.29 is 14.3 Å². The van der Waals surface area contributed by atoms with E-state index in [9.17, 15) is 4.79 Å². The van der Waals surface area contributed by atoms with Gasteiger partial charge in [-0.2, -0.15) is 0 Å². The Morgan fingerprint density at radius 1 is 1.00 bits per heavy atom. The second kappa shape index (κ2) is 7.66. The first-order valence-corrected chi connectivity index (χ1v) is 8.52. The summed E-state index contributed by atoms with van der Waals surface area (Å²) in [6, 6.07) is 13.0. The zero-order valence-corrected chi connectivity index (χ0v) is 15.1. The van der Waals surface area contributed by atoms with E-state index in [-0.39, 0.29) is 5.91 Å². The molecule has 1 saturated heterocycles. The predicted octanol–water partition coefficient (Wildman–Crippen LogP) is 3.32. The van der Waals surface area contributed by atoms with E-state index in [0.717, 1.165) is 23.8 Å². The predicted molar refractivity (Wildman–Crippen MR) is 99.1 cm³/mol. The van der Waals surface area contributed by atoms with Crippen molar-refractivity contribution in [3.8, 4) is 11.5 Å². The summed E-state index contributed by atoms with van der Waals surface area (Å²) < 4.78 is 10.6. The van der Waals surface area contributed by atoms with Gasteiger partial charge in [0.15, 0.2) is 0 Å². The lowest BCUT2D eigenvalue weighted by atomic mass is 10.1. The third-order valence-corrected chi connectivity index (χ3v) is 4.72. The molecule has 0 bridgehead atoms. The Morgan fingerprint density at radius 3 is 2.36 bits per heavy atom. The molecule has 132 valence electrons. The fraction of sp³-hybridized carbons (Fsp3) is 0.316. The number of anilines is 1. The SMILES string of the molecule is COc1ccc(OC)c(C(=O)N2CCN(c3ccccc3Cl)CC2)c1. The molecule has 1 aliphatic heterocycles. The smallest absolute Gasteiger partial charge is 0.257 e. The summed E-state index contributed by atoms with van der Waals surface area (Å²) in [4.78, 5) is 16.9. The van der Waals surface area contributed by atoms with Gasteiger partial charge >= 0.3 is 0 Å². The number of para-hydroxylation sites is 1. The van der Waals surface area contributed by atoms with Gasteiger partial charge in [-0.3, -0.25) is 4.79 Å². The van der Waals surface area contributed by atoms with E-state index in [2.05, 4.69) is 4.90 Å². The molecular formula is C19H21ClN2O3. The minimum Gasteiger partial charge on any atom is -0.497 e. The van der Waals surface area contributed by atoms with Crippen LogP contribution in [0.25, 0.3) is 0 Å². The lowest BCUT2D eigenvalue weighted by Gasteiger charge is -2.36. The average molecular weight is 361 g/mol. The summed E-state index contributed by atoms with van der Waals surface area (Å²) in [7, 11) is 3.15. The van der Waals surface area contributed by atoms with Gasteiger partial charge in [0.2, 0.25) is 0 Å². The van der Waals surface area contributed by atoms with Crippen molar-refractivity contribution in [1.29, 1.82) is 0 Å². The molecule has 2 aromatic rings. The summed E-state index contributed by atoms with van der Waals surface area (Å²) in [5.74, 6) is 1.15. The van der Waals surface area contributed by atoms with Crippen LogP contribution < -0.4 is 14.4 Å². The molecule has 0 unspecified atom stereocenters. The van der Waals surface area contributed by atoms with Crippen LogP contribution in [0.1, 0.15) is 10.4 Å². The molecule has 3 rings (SSSR count). The van der Waals surface area contributed by atoms with Gasteiger partial charge in [-0.15, -0.1) is 0 Å². The lowest BCUT2D eigenvalue weighted by Crippen LogP contribution is -2.49. The second-order valence-corrected chi connectivity index (χ2v) is 6.20. The van der Waals surface area contributed by atoms with Gasteiger partial charge in [-0.25, -0.2) is 0 Å². The number of halogens is 1. The van der Waals surface area contributed by atoms with Gasteiger partial charge < -0.3 is 19.3 Å². The number of carbonyl (C=O) groups excluding carboxylic acids is 1. The summed E-state index contributed by atoms with van der Waals surface area (Å²) >= 11 is 6.27. The van der Waals surface area contributed by atoms with Gasteiger partial charge in [0.05, 0.1) is 30.5 Å². The molecule has 6 heteroatoms. The highest BCUT2D eigenvalue weighted by atomic mass is 35.5. The molecule has 0 N–H and O–H groups in total. The van der Waals surface area contributed by atoms with Crippen molar-refractivity contribution >= 4 is 23.2 Å². The Hall–Kier alpha value is -2.40. The van der Waals surface area contributed by atoms with Crippen molar-refractivity contribution in [2.45, 2.75) is 0 Å². The van der Waals surface area contributed by atoms with Gasteiger partial charge in [-0.1, -0.05) is 23.7 Å².